The number of benzene rings is 1. The first-order valence-electron chi connectivity index (χ1n) is 12.2. The van der Waals surface area contributed by atoms with Crippen molar-refractivity contribution in [3.8, 4) is 11.4 Å². The Hall–Kier alpha value is -3.24. The van der Waals surface area contributed by atoms with Crippen molar-refractivity contribution in [3.05, 3.63) is 62.2 Å². The molecule has 0 unspecified atom stereocenters. The van der Waals surface area contributed by atoms with Gasteiger partial charge in [-0.05, 0) is 55.0 Å². The third-order valence-corrected chi connectivity index (χ3v) is 8.00. The maximum Gasteiger partial charge on any atom is 0.343 e. The van der Waals surface area contributed by atoms with Gasteiger partial charge in [0.15, 0.2) is 5.60 Å². The van der Waals surface area contributed by atoms with E-state index < -0.39 is 17.4 Å². The number of carbonyl (C=O) groups excluding carboxylic acids is 2. The molecular weight excluding hydrogens is 497 g/mol. The molecule has 0 bridgehead atoms. The molecule has 3 aromatic rings. The average Bonchev–Trinajstić information content (AvgIpc) is 3.24. The zero-order chi connectivity index (χ0) is 26.5. The summed E-state index contributed by atoms with van der Waals surface area (Å²) in [7, 11) is 0. The number of thioether (sulfide) groups is 1. The third-order valence-electron chi connectivity index (χ3n) is 7.30. The van der Waals surface area contributed by atoms with Gasteiger partial charge in [0, 0.05) is 35.5 Å². The van der Waals surface area contributed by atoms with Crippen LogP contribution in [0.1, 0.15) is 54.0 Å². The van der Waals surface area contributed by atoms with Gasteiger partial charge in [-0.25, -0.2) is 14.2 Å². The summed E-state index contributed by atoms with van der Waals surface area (Å²) in [6.07, 6.45) is 3.19. The Morgan fingerprint density at radius 3 is 2.81 bits per heavy atom. The van der Waals surface area contributed by atoms with Gasteiger partial charge in [0.05, 0.1) is 29.0 Å². The number of fused-ring (bicyclic) bond motifs is 5. The number of aliphatic hydroxyl groups is 1. The molecular formula is C27H28FN3O5S. The van der Waals surface area contributed by atoms with Gasteiger partial charge >= 0.3 is 5.97 Å². The highest BCUT2D eigenvalue weighted by molar-refractivity contribution is 7.98. The third kappa shape index (κ3) is 4.12. The van der Waals surface area contributed by atoms with Crippen molar-refractivity contribution in [2.45, 2.75) is 58.4 Å². The summed E-state index contributed by atoms with van der Waals surface area (Å²) in [4.78, 5) is 43.2. The fraction of sp³-hybridized carbons (Fsp3) is 0.407. The van der Waals surface area contributed by atoms with Crippen molar-refractivity contribution in [2.24, 2.45) is 0 Å². The highest BCUT2D eigenvalue weighted by atomic mass is 32.2. The minimum absolute atomic E-state index is 0.0397. The lowest BCUT2D eigenvalue weighted by atomic mass is 9.86. The zero-order valence-corrected chi connectivity index (χ0v) is 21.8. The molecule has 194 valence electrons. The normalized spacial score (nSPS) is 17.8. The lowest BCUT2D eigenvalue weighted by Crippen LogP contribution is -2.44. The first-order valence-corrected chi connectivity index (χ1v) is 13.6. The molecule has 1 atom stereocenters. The minimum atomic E-state index is -1.93. The molecule has 2 aromatic heterocycles. The molecule has 2 N–H and O–H groups in total. The van der Waals surface area contributed by atoms with Crippen molar-refractivity contribution in [2.75, 3.05) is 12.0 Å². The van der Waals surface area contributed by atoms with Gasteiger partial charge in [0.2, 0.25) is 5.91 Å². The molecule has 1 aromatic carbocycles. The Kier molecular flexibility index (Phi) is 6.57. The number of amides is 1. The number of carbonyl (C=O) groups is 2. The minimum Gasteiger partial charge on any atom is -0.458 e. The Balaban J connectivity index is 1.66. The second kappa shape index (κ2) is 9.57. The zero-order valence-electron chi connectivity index (χ0n) is 20.9. The predicted molar refractivity (Wildman–Crippen MR) is 139 cm³/mol. The molecule has 0 spiro atoms. The number of aryl methyl sites for hydroxylation is 1. The van der Waals surface area contributed by atoms with Crippen LogP contribution < -0.4 is 10.9 Å². The summed E-state index contributed by atoms with van der Waals surface area (Å²) in [6, 6.07) is 4.70. The van der Waals surface area contributed by atoms with Crippen LogP contribution >= 0.6 is 11.8 Å². The summed E-state index contributed by atoms with van der Waals surface area (Å²) in [5.74, 6) is -0.396. The summed E-state index contributed by atoms with van der Waals surface area (Å²) >= 11 is 1.68. The summed E-state index contributed by atoms with van der Waals surface area (Å²) in [5, 5.41) is 14.8. The van der Waals surface area contributed by atoms with E-state index in [0.717, 1.165) is 23.3 Å². The van der Waals surface area contributed by atoms with E-state index >= 15 is 0 Å². The Morgan fingerprint density at radius 2 is 2.08 bits per heavy atom. The fourth-order valence-corrected chi connectivity index (χ4v) is 5.58. The van der Waals surface area contributed by atoms with Crippen molar-refractivity contribution in [1.29, 1.82) is 0 Å². The number of pyridine rings is 2. The van der Waals surface area contributed by atoms with Gasteiger partial charge in [0.25, 0.3) is 5.56 Å². The van der Waals surface area contributed by atoms with Gasteiger partial charge in [-0.15, -0.1) is 0 Å². The standard InChI is InChI=1S/C27H28FN3O5S/c1-4-27(35)19-9-22-24-17(12-31(22)25(33)18(19)13-36-26(27)34)16(11-29-23(32)6-5-7-37-3)15-8-14(2)20(28)10-21(15)30-24/h8-10,35H,4-7,11-13H2,1-3H3,(H,29,32)/t27-/m0/s1. The highest BCUT2D eigenvalue weighted by Crippen LogP contribution is 2.40. The SMILES string of the molecule is CC[C@@]1(O)C(=O)OCc2c1cc1n(c2=O)Cc2c-1nc1cc(F)c(C)cc1c2CNC(=O)CCCSC. The van der Waals surface area contributed by atoms with E-state index in [0.29, 0.717) is 34.3 Å². The Bertz CT molecular complexity index is 1520. The largest absolute Gasteiger partial charge is 0.458 e. The smallest absolute Gasteiger partial charge is 0.343 e. The predicted octanol–water partition coefficient (Wildman–Crippen LogP) is 3.29. The van der Waals surface area contributed by atoms with E-state index in [-0.39, 0.29) is 48.7 Å². The average molecular weight is 526 g/mol. The van der Waals surface area contributed by atoms with Crippen molar-refractivity contribution in [3.63, 3.8) is 0 Å². The second-order valence-corrected chi connectivity index (χ2v) is 10.5. The van der Waals surface area contributed by atoms with Crippen LogP contribution in [0.2, 0.25) is 0 Å². The van der Waals surface area contributed by atoms with Crippen LogP contribution in [0.15, 0.2) is 23.0 Å². The van der Waals surface area contributed by atoms with Crippen molar-refractivity contribution >= 4 is 34.5 Å². The molecule has 0 fully saturated rings. The van der Waals surface area contributed by atoms with Crippen LogP contribution in [0.5, 0.6) is 0 Å². The number of halogens is 1. The number of aromatic nitrogens is 2. The summed E-state index contributed by atoms with van der Waals surface area (Å²) < 4.78 is 21.2. The summed E-state index contributed by atoms with van der Waals surface area (Å²) in [5.41, 5.74) is 1.42. The number of ether oxygens (including phenoxy) is 1. The first-order chi connectivity index (χ1) is 17.7. The molecule has 2 aliphatic rings. The molecule has 0 radical (unpaired) electrons. The van der Waals surface area contributed by atoms with E-state index in [9.17, 15) is 23.9 Å². The number of esters is 1. The van der Waals surface area contributed by atoms with E-state index in [2.05, 4.69) is 5.32 Å². The monoisotopic (exact) mass is 525 g/mol. The van der Waals surface area contributed by atoms with Gasteiger partial charge in [0.1, 0.15) is 12.4 Å². The lowest BCUT2D eigenvalue weighted by molar-refractivity contribution is -0.172. The summed E-state index contributed by atoms with van der Waals surface area (Å²) in [6.45, 7) is 3.50. The topological polar surface area (TPSA) is 111 Å². The number of nitrogens with zero attached hydrogens (tertiary/aromatic N) is 2. The Morgan fingerprint density at radius 1 is 1.30 bits per heavy atom. The quantitative estimate of drug-likeness (QED) is 0.281. The van der Waals surface area contributed by atoms with Crippen LogP contribution in [0.3, 0.4) is 0 Å². The van der Waals surface area contributed by atoms with Crippen LogP contribution in [0.25, 0.3) is 22.3 Å². The molecule has 4 heterocycles. The molecule has 0 saturated carbocycles. The van der Waals surface area contributed by atoms with Crippen molar-refractivity contribution < 1.29 is 23.8 Å². The molecule has 37 heavy (non-hydrogen) atoms. The highest BCUT2D eigenvalue weighted by Gasteiger charge is 2.45. The van der Waals surface area contributed by atoms with E-state index in [1.807, 2.05) is 6.26 Å². The molecule has 2 aliphatic heterocycles. The molecule has 8 nitrogen and oxygen atoms in total. The molecule has 0 saturated heterocycles. The number of hydrogen-bond donors (Lipinski definition) is 2. The molecule has 0 aliphatic carbocycles. The second-order valence-electron chi connectivity index (χ2n) is 9.51. The van der Waals surface area contributed by atoms with E-state index in [1.165, 1.54) is 10.6 Å². The fourth-order valence-electron chi connectivity index (χ4n) is 5.15. The number of nitrogens with one attached hydrogen (secondary N) is 1. The van der Waals surface area contributed by atoms with Gasteiger partial charge in [-0.3, -0.25) is 9.59 Å². The maximum absolute atomic E-state index is 14.5. The first kappa shape index (κ1) is 25.4. The van der Waals surface area contributed by atoms with Gasteiger partial charge in [-0.1, -0.05) is 6.92 Å². The maximum atomic E-state index is 14.5. The molecule has 10 heteroatoms. The van der Waals surface area contributed by atoms with E-state index in [1.54, 1.807) is 37.7 Å². The lowest BCUT2D eigenvalue weighted by Gasteiger charge is -2.31. The number of cyclic esters (lactones) is 1. The van der Waals surface area contributed by atoms with Gasteiger partial charge < -0.3 is 19.7 Å². The van der Waals surface area contributed by atoms with Crippen LogP contribution in [-0.2, 0) is 39.6 Å². The van der Waals surface area contributed by atoms with Gasteiger partial charge in [-0.2, -0.15) is 11.8 Å². The van der Waals surface area contributed by atoms with Crippen LogP contribution in [0, 0.1) is 12.7 Å². The number of hydrogen-bond acceptors (Lipinski definition) is 7. The number of rotatable bonds is 7. The molecule has 5 rings (SSSR count). The molecule has 1 amide bonds. The Labute approximate surface area is 217 Å². The van der Waals surface area contributed by atoms with Crippen molar-refractivity contribution in [1.82, 2.24) is 14.9 Å². The van der Waals surface area contributed by atoms with E-state index in [4.69, 9.17) is 9.72 Å². The van der Waals surface area contributed by atoms with Crippen LogP contribution in [0.4, 0.5) is 4.39 Å². The van der Waals surface area contributed by atoms with Crippen LogP contribution in [-0.4, -0.2) is 38.5 Å².